The van der Waals surface area contributed by atoms with Gasteiger partial charge < -0.3 is 5.11 Å². The lowest BCUT2D eigenvalue weighted by Crippen LogP contribution is -2.35. The van der Waals surface area contributed by atoms with Crippen molar-refractivity contribution in [2.24, 2.45) is 5.92 Å². The molecule has 0 saturated carbocycles. The molecule has 2 heterocycles. The molecule has 20 heavy (non-hydrogen) atoms. The number of rotatable bonds is 6. The molecule has 0 amide bonds. The van der Waals surface area contributed by atoms with Crippen LogP contribution in [0.2, 0.25) is 0 Å². The van der Waals surface area contributed by atoms with Crippen molar-refractivity contribution in [3.05, 3.63) is 18.0 Å². The summed E-state index contributed by atoms with van der Waals surface area (Å²) < 4.78 is 1.96. The molecular formula is C15H25N3O2. The summed E-state index contributed by atoms with van der Waals surface area (Å²) in [7, 11) is 0. The molecule has 0 spiro atoms. The van der Waals surface area contributed by atoms with Gasteiger partial charge >= 0.3 is 5.97 Å². The standard InChI is InChI=1S/C15H25N3O2/c1-3-18-11-14(10-16-18)12(2)17-8-6-13(7-9-17)4-5-15(19)20/h10-13H,3-9H2,1-2H3,(H,19,20). The second kappa shape index (κ2) is 6.88. The van der Waals surface area contributed by atoms with Gasteiger partial charge in [-0.1, -0.05) is 0 Å². The summed E-state index contributed by atoms with van der Waals surface area (Å²) >= 11 is 0. The van der Waals surface area contributed by atoms with E-state index in [2.05, 4.69) is 30.0 Å². The molecule has 2 rings (SSSR count). The van der Waals surface area contributed by atoms with Crippen molar-refractivity contribution in [3.8, 4) is 0 Å². The van der Waals surface area contributed by atoms with Crippen molar-refractivity contribution in [2.45, 2.75) is 52.1 Å². The molecule has 1 aliphatic rings. The Labute approximate surface area is 120 Å². The van der Waals surface area contributed by atoms with E-state index in [1.807, 2.05) is 10.9 Å². The molecule has 1 fully saturated rings. The van der Waals surface area contributed by atoms with Crippen molar-refractivity contribution in [3.63, 3.8) is 0 Å². The number of hydrogen-bond acceptors (Lipinski definition) is 3. The van der Waals surface area contributed by atoms with Crippen molar-refractivity contribution in [2.75, 3.05) is 13.1 Å². The highest BCUT2D eigenvalue weighted by Gasteiger charge is 2.24. The van der Waals surface area contributed by atoms with E-state index in [1.54, 1.807) is 0 Å². The Morgan fingerprint density at radius 2 is 2.20 bits per heavy atom. The van der Waals surface area contributed by atoms with Crippen LogP contribution in [-0.4, -0.2) is 38.8 Å². The molecule has 1 aliphatic heterocycles. The van der Waals surface area contributed by atoms with Gasteiger partial charge in [-0.25, -0.2) is 0 Å². The first-order valence-corrected chi connectivity index (χ1v) is 7.58. The fraction of sp³-hybridized carbons (Fsp3) is 0.733. The molecule has 1 saturated heterocycles. The van der Waals surface area contributed by atoms with Crippen LogP contribution >= 0.6 is 0 Å². The minimum absolute atomic E-state index is 0.309. The smallest absolute Gasteiger partial charge is 0.303 e. The van der Waals surface area contributed by atoms with E-state index in [4.69, 9.17) is 5.11 Å². The second-order valence-corrected chi connectivity index (χ2v) is 5.72. The average Bonchev–Trinajstić information content (AvgIpc) is 2.94. The number of likely N-dealkylation sites (tertiary alicyclic amines) is 1. The van der Waals surface area contributed by atoms with E-state index < -0.39 is 5.97 Å². The van der Waals surface area contributed by atoms with Crippen molar-refractivity contribution in [1.29, 1.82) is 0 Å². The molecule has 0 aliphatic carbocycles. The Kier molecular flexibility index (Phi) is 5.17. The molecule has 112 valence electrons. The topological polar surface area (TPSA) is 58.4 Å². The fourth-order valence-electron chi connectivity index (χ4n) is 2.94. The van der Waals surface area contributed by atoms with Gasteiger partial charge in [-0.05, 0) is 52.1 Å². The van der Waals surface area contributed by atoms with E-state index in [0.29, 0.717) is 18.4 Å². The maximum atomic E-state index is 10.6. The van der Waals surface area contributed by atoms with E-state index in [9.17, 15) is 4.79 Å². The Balaban J connectivity index is 1.82. The molecular weight excluding hydrogens is 254 g/mol. The van der Waals surface area contributed by atoms with Gasteiger partial charge in [0.2, 0.25) is 0 Å². The second-order valence-electron chi connectivity index (χ2n) is 5.72. The maximum Gasteiger partial charge on any atom is 0.303 e. The summed E-state index contributed by atoms with van der Waals surface area (Å²) in [6.45, 7) is 7.35. The first-order chi connectivity index (χ1) is 9.60. The van der Waals surface area contributed by atoms with Gasteiger partial charge in [0, 0.05) is 30.8 Å². The number of piperidine rings is 1. The molecule has 1 aromatic heterocycles. The molecule has 5 nitrogen and oxygen atoms in total. The van der Waals surface area contributed by atoms with Gasteiger partial charge in [-0.3, -0.25) is 14.4 Å². The predicted molar refractivity (Wildman–Crippen MR) is 77.5 cm³/mol. The van der Waals surface area contributed by atoms with E-state index in [1.165, 1.54) is 5.56 Å². The minimum atomic E-state index is -0.673. The number of nitrogens with zero attached hydrogens (tertiary/aromatic N) is 3. The van der Waals surface area contributed by atoms with E-state index in [-0.39, 0.29) is 0 Å². The van der Waals surface area contributed by atoms with Crippen LogP contribution in [0.15, 0.2) is 12.4 Å². The molecule has 0 bridgehead atoms. The third kappa shape index (κ3) is 3.82. The summed E-state index contributed by atoms with van der Waals surface area (Å²) in [5.74, 6) is -0.0966. The van der Waals surface area contributed by atoms with Crippen molar-refractivity contribution >= 4 is 5.97 Å². The highest BCUT2D eigenvalue weighted by atomic mass is 16.4. The lowest BCUT2D eigenvalue weighted by Gasteiger charge is -2.35. The van der Waals surface area contributed by atoms with Gasteiger partial charge in [0.1, 0.15) is 0 Å². The number of carbonyl (C=O) groups is 1. The quantitative estimate of drug-likeness (QED) is 0.869. The van der Waals surface area contributed by atoms with Gasteiger partial charge in [-0.2, -0.15) is 5.10 Å². The summed E-state index contributed by atoms with van der Waals surface area (Å²) in [6.07, 6.45) is 7.44. The lowest BCUT2D eigenvalue weighted by molar-refractivity contribution is -0.137. The maximum absolute atomic E-state index is 10.6. The third-order valence-corrected chi connectivity index (χ3v) is 4.42. The summed E-state index contributed by atoms with van der Waals surface area (Å²) in [6, 6.07) is 0.399. The number of hydrogen-bond donors (Lipinski definition) is 1. The highest BCUT2D eigenvalue weighted by Crippen LogP contribution is 2.28. The van der Waals surface area contributed by atoms with Crippen LogP contribution in [-0.2, 0) is 11.3 Å². The number of aliphatic carboxylic acids is 1. The zero-order chi connectivity index (χ0) is 14.5. The monoisotopic (exact) mass is 279 g/mol. The van der Waals surface area contributed by atoms with Crippen LogP contribution in [0.1, 0.15) is 51.1 Å². The minimum Gasteiger partial charge on any atom is -0.481 e. The molecule has 1 atom stereocenters. The Hall–Kier alpha value is -1.36. The molecule has 1 unspecified atom stereocenters. The summed E-state index contributed by atoms with van der Waals surface area (Å²) in [4.78, 5) is 13.1. The van der Waals surface area contributed by atoms with Crippen LogP contribution in [0, 0.1) is 5.92 Å². The van der Waals surface area contributed by atoms with Crippen LogP contribution in [0.25, 0.3) is 0 Å². The largest absolute Gasteiger partial charge is 0.481 e. The van der Waals surface area contributed by atoms with Gasteiger partial charge in [0.15, 0.2) is 0 Å². The molecule has 1 aromatic rings. The number of carboxylic acid groups (broad SMARTS) is 1. The Morgan fingerprint density at radius 3 is 2.75 bits per heavy atom. The highest BCUT2D eigenvalue weighted by molar-refractivity contribution is 5.66. The van der Waals surface area contributed by atoms with Crippen molar-refractivity contribution < 1.29 is 9.90 Å². The zero-order valence-corrected chi connectivity index (χ0v) is 12.5. The van der Waals surface area contributed by atoms with E-state index in [0.717, 1.165) is 38.9 Å². The summed E-state index contributed by atoms with van der Waals surface area (Å²) in [5, 5.41) is 13.1. The van der Waals surface area contributed by atoms with E-state index >= 15 is 0 Å². The van der Waals surface area contributed by atoms with Crippen molar-refractivity contribution in [1.82, 2.24) is 14.7 Å². The van der Waals surface area contributed by atoms with Gasteiger partial charge in [0.05, 0.1) is 6.20 Å². The first kappa shape index (κ1) is 15.0. The van der Waals surface area contributed by atoms with Gasteiger partial charge in [-0.15, -0.1) is 0 Å². The summed E-state index contributed by atoms with van der Waals surface area (Å²) in [5.41, 5.74) is 1.27. The van der Waals surface area contributed by atoms with Crippen LogP contribution in [0.5, 0.6) is 0 Å². The Bertz CT molecular complexity index is 436. The number of aryl methyl sites for hydroxylation is 1. The number of aromatic nitrogens is 2. The molecule has 1 N–H and O–H groups in total. The SMILES string of the molecule is CCn1cc(C(C)N2CCC(CCC(=O)O)CC2)cn1. The fourth-order valence-corrected chi connectivity index (χ4v) is 2.94. The predicted octanol–water partition coefficient (Wildman–Crippen LogP) is 2.54. The first-order valence-electron chi connectivity index (χ1n) is 7.58. The molecule has 5 heteroatoms. The average molecular weight is 279 g/mol. The normalized spacial score (nSPS) is 19.1. The number of carboxylic acids is 1. The van der Waals surface area contributed by atoms with Crippen LogP contribution < -0.4 is 0 Å². The van der Waals surface area contributed by atoms with Crippen LogP contribution in [0.3, 0.4) is 0 Å². The van der Waals surface area contributed by atoms with Crippen LogP contribution in [0.4, 0.5) is 0 Å². The molecule has 0 radical (unpaired) electrons. The third-order valence-electron chi connectivity index (χ3n) is 4.42. The zero-order valence-electron chi connectivity index (χ0n) is 12.5. The van der Waals surface area contributed by atoms with Gasteiger partial charge in [0.25, 0.3) is 0 Å². The molecule has 0 aromatic carbocycles. The lowest BCUT2D eigenvalue weighted by atomic mass is 9.91. The Morgan fingerprint density at radius 1 is 1.50 bits per heavy atom.